The highest BCUT2D eigenvalue weighted by Crippen LogP contribution is 2.08. The average molecular weight is 219 g/mol. The summed E-state index contributed by atoms with van der Waals surface area (Å²) in [6, 6.07) is 4.03. The minimum atomic E-state index is 0.0963. The van der Waals surface area contributed by atoms with Gasteiger partial charge in [0.05, 0.1) is 24.5 Å². The molecule has 86 valence electrons. The lowest BCUT2D eigenvalue weighted by Crippen LogP contribution is -2.06. The zero-order chi connectivity index (χ0) is 11.5. The molecule has 0 aliphatic rings. The average Bonchev–Trinajstić information content (AvgIpc) is 2.85. The third-order valence-corrected chi connectivity index (χ3v) is 2.62. The van der Waals surface area contributed by atoms with Crippen LogP contribution in [-0.4, -0.2) is 19.5 Å². The van der Waals surface area contributed by atoms with Crippen molar-refractivity contribution in [1.29, 1.82) is 0 Å². The molecule has 4 nitrogen and oxygen atoms in total. The fraction of sp³-hybridized carbons (Fsp3) is 0.417. The molecule has 0 radical (unpaired) electrons. The number of aromatic nitrogens is 3. The van der Waals surface area contributed by atoms with Crippen LogP contribution in [0.25, 0.3) is 0 Å². The summed E-state index contributed by atoms with van der Waals surface area (Å²) in [6.07, 6.45) is 3.94. The van der Waals surface area contributed by atoms with Gasteiger partial charge in [0.15, 0.2) is 0 Å². The molecule has 16 heavy (non-hydrogen) atoms. The van der Waals surface area contributed by atoms with Gasteiger partial charge >= 0.3 is 0 Å². The Labute approximate surface area is 95.1 Å². The van der Waals surface area contributed by atoms with Crippen molar-refractivity contribution < 1.29 is 5.11 Å². The van der Waals surface area contributed by atoms with E-state index in [9.17, 15) is 0 Å². The Morgan fingerprint density at radius 1 is 1.44 bits per heavy atom. The van der Waals surface area contributed by atoms with E-state index >= 15 is 0 Å². The van der Waals surface area contributed by atoms with Crippen LogP contribution in [0.5, 0.6) is 0 Å². The van der Waals surface area contributed by atoms with E-state index in [2.05, 4.69) is 22.7 Å². The van der Waals surface area contributed by atoms with Crippen LogP contribution in [-0.2, 0) is 19.7 Å². The van der Waals surface area contributed by atoms with Gasteiger partial charge in [0.25, 0.3) is 0 Å². The first-order valence-corrected chi connectivity index (χ1v) is 5.51. The number of rotatable bonds is 4. The van der Waals surface area contributed by atoms with Crippen LogP contribution < -0.4 is 0 Å². The Morgan fingerprint density at radius 2 is 2.25 bits per heavy atom. The maximum atomic E-state index is 8.99. The van der Waals surface area contributed by atoms with Crippen LogP contribution in [0.3, 0.4) is 0 Å². The van der Waals surface area contributed by atoms with E-state index in [0.29, 0.717) is 0 Å². The summed E-state index contributed by atoms with van der Waals surface area (Å²) in [4.78, 5) is 0. The van der Waals surface area contributed by atoms with E-state index in [4.69, 9.17) is 5.11 Å². The standard InChI is InChI=1S/C12H17N3O/c1-3-15-12(6-10(2)13-15)8-14-5-4-11(7-14)9-16/h4-7,16H,3,8-9H2,1-2H3. The van der Waals surface area contributed by atoms with Crippen LogP contribution in [0.4, 0.5) is 0 Å². The highest BCUT2D eigenvalue weighted by molar-refractivity contribution is 5.13. The molecule has 0 saturated carbocycles. The number of nitrogens with zero attached hydrogens (tertiary/aromatic N) is 3. The molecule has 0 fully saturated rings. The lowest BCUT2D eigenvalue weighted by atomic mass is 10.3. The van der Waals surface area contributed by atoms with Gasteiger partial charge in [0.1, 0.15) is 0 Å². The molecule has 2 aromatic rings. The second kappa shape index (κ2) is 4.53. The maximum absolute atomic E-state index is 8.99. The molecule has 2 rings (SSSR count). The van der Waals surface area contributed by atoms with E-state index < -0.39 is 0 Å². The summed E-state index contributed by atoms with van der Waals surface area (Å²) in [7, 11) is 0. The molecule has 0 aromatic carbocycles. The summed E-state index contributed by atoms with van der Waals surface area (Å²) in [5.41, 5.74) is 3.19. The van der Waals surface area contributed by atoms with E-state index in [1.165, 1.54) is 5.69 Å². The quantitative estimate of drug-likeness (QED) is 0.848. The predicted octanol–water partition coefficient (Wildman–Crippen LogP) is 1.55. The van der Waals surface area contributed by atoms with Crippen LogP contribution in [0, 0.1) is 6.92 Å². The lowest BCUT2D eigenvalue weighted by molar-refractivity contribution is 0.281. The Morgan fingerprint density at radius 3 is 2.88 bits per heavy atom. The van der Waals surface area contributed by atoms with E-state index in [-0.39, 0.29) is 6.61 Å². The molecule has 0 aliphatic carbocycles. The Kier molecular flexibility index (Phi) is 3.10. The highest BCUT2D eigenvalue weighted by Gasteiger charge is 2.04. The van der Waals surface area contributed by atoms with Crippen molar-refractivity contribution in [3.63, 3.8) is 0 Å². The Balaban J connectivity index is 2.19. The smallest absolute Gasteiger partial charge is 0.0696 e. The topological polar surface area (TPSA) is 43.0 Å². The molecule has 0 aliphatic heterocycles. The van der Waals surface area contributed by atoms with Gasteiger partial charge in [-0.1, -0.05) is 0 Å². The molecule has 0 amide bonds. The number of aliphatic hydroxyl groups excluding tert-OH is 1. The van der Waals surface area contributed by atoms with Crippen LogP contribution in [0.15, 0.2) is 24.5 Å². The van der Waals surface area contributed by atoms with Gasteiger partial charge in [-0.2, -0.15) is 5.10 Å². The first kappa shape index (κ1) is 11.0. The second-order valence-electron chi connectivity index (χ2n) is 3.94. The molecular formula is C12H17N3O. The predicted molar refractivity (Wildman–Crippen MR) is 62.1 cm³/mol. The van der Waals surface area contributed by atoms with Crippen molar-refractivity contribution in [2.45, 2.75) is 33.5 Å². The van der Waals surface area contributed by atoms with Gasteiger partial charge in [0.2, 0.25) is 0 Å². The molecule has 0 spiro atoms. The maximum Gasteiger partial charge on any atom is 0.0696 e. The van der Waals surface area contributed by atoms with Gasteiger partial charge in [-0.15, -0.1) is 0 Å². The van der Waals surface area contributed by atoms with Crippen molar-refractivity contribution >= 4 is 0 Å². The normalized spacial score (nSPS) is 10.9. The van der Waals surface area contributed by atoms with Crippen LogP contribution in [0.2, 0.25) is 0 Å². The summed E-state index contributed by atoms with van der Waals surface area (Å²) >= 11 is 0. The first-order chi connectivity index (χ1) is 7.72. The molecular weight excluding hydrogens is 202 g/mol. The molecule has 4 heteroatoms. The van der Waals surface area contributed by atoms with E-state index in [1.807, 2.05) is 30.1 Å². The molecule has 0 unspecified atom stereocenters. The van der Waals surface area contributed by atoms with Crippen LogP contribution in [0.1, 0.15) is 23.9 Å². The van der Waals surface area contributed by atoms with Gasteiger partial charge in [0, 0.05) is 18.9 Å². The highest BCUT2D eigenvalue weighted by atomic mass is 16.3. The summed E-state index contributed by atoms with van der Waals surface area (Å²) in [5, 5.41) is 13.4. The minimum Gasteiger partial charge on any atom is -0.392 e. The lowest BCUT2D eigenvalue weighted by Gasteiger charge is -2.05. The molecule has 1 N–H and O–H groups in total. The molecule has 0 bridgehead atoms. The Hall–Kier alpha value is -1.55. The monoisotopic (exact) mass is 219 g/mol. The first-order valence-electron chi connectivity index (χ1n) is 5.51. The number of hydrogen-bond donors (Lipinski definition) is 1. The fourth-order valence-electron chi connectivity index (χ4n) is 1.87. The number of aliphatic hydroxyl groups is 1. The molecule has 2 aromatic heterocycles. The summed E-state index contributed by atoms with van der Waals surface area (Å²) in [5.74, 6) is 0. The Bertz CT molecular complexity index is 470. The minimum absolute atomic E-state index is 0.0963. The van der Waals surface area contributed by atoms with Crippen molar-refractivity contribution in [3.8, 4) is 0 Å². The SMILES string of the molecule is CCn1nc(C)cc1Cn1ccc(CO)c1. The molecule has 2 heterocycles. The van der Waals surface area contributed by atoms with E-state index in [0.717, 1.165) is 24.3 Å². The van der Waals surface area contributed by atoms with Crippen molar-refractivity contribution in [1.82, 2.24) is 14.3 Å². The van der Waals surface area contributed by atoms with Crippen molar-refractivity contribution in [3.05, 3.63) is 41.5 Å². The second-order valence-corrected chi connectivity index (χ2v) is 3.94. The molecule has 0 saturated heterocycles. The largest absolute Gasteiger partial charge is 0.392 e. The van der Waals surface area contributed by atoms with Gasteiger partial charge in [-0.25, -0.2) is 0 Å². The van der Waals surface area contributed by atoms with Crippen molar-refractivity contribution in [2.24, 2.45) is 0 Å². The number of aryl methyl sites for hydroxylation is 2. The number of hydrogen-bond acceptors (Lipinski definition) is 2. The third-order valence-electron chi connectivity index (χ3n) is 2.62. The van der Waals surface area contributed by atoms with Gasteiger partial charge in [-0.3, -0.25) is 4.68 Å². The van der Waals surface area contributed by atoms with Crippen molar-refractivity contribution in [2.75, 3.05) is 0 Å². The van der Waals surface area contributed by atoms with Gasteiger partial charge < -0.3 is 9.67 Å². The zero-order valence-electron chi connectivity index (χ0n) is 9.72. The van der Waals surface area contributed by atoms with E-state index in [1.54, 1.807) is 0 Å². The summed E-state index contributed by atoms with van der Waals surface area (Å²) < 4.78 is 4.07. The van der Waals surface area contributed by atoms with Gasteiger partial charge in [-0.05, 0) is 31.5 Å². The molecule has 0 atom stereocenters. The fourth-order valence-corrected chi connectivity index (χ4v) is 1.87. The summed E-state index contributed by atoms with van der Waals surface area (Å²) in [6.45, 7) is 5.88. The zero-order valence-corrected chi connectivity index (χ0v) is 9.72. The third kappa shape index (κ3) is 2.17. The van der Waals surface area contributed by atoms with Crippen LogP contribution >= 0.6 is 0 Å².